The number of aromatic nitrogens is 2. The highest BCUT2D eigenvalue weighted by Crippen LogP contribution is 2.35. The highest BCUT2D eigenvalue weighted by Gasteiger charge is 2.30. The van der Waals surface area contributed by atoms with Gasteiger partial charge < -0.3 is 5.73 Å². The number of rotatable bonds is 6. The quantitative estimate of drug-likeness (QED) is 0.841. The minimum atomic E-state index is -3.58. The first-order valence-corrected chi connectivity index (χ1v) is 9.17. The summed E-state index contributed by atoms with van der Waals surface area (Å²) in [6, 6.07) is 0. The number of nitrogens with one attached hydrogen (secondary N) is 1. The molecular weight excluding hydrogens is 288 g/mol. The summed E-state index contributed by atoms with van der Waals surface area (Å²) in [7, 11) is -3.58. The van der Waals surface area contributed by atoms with E-state index in [0.29, 0.717) is 13.1 Å². The maximum Gasteiger partial charge on any atom is 0.245 e. The first-order chi connectivity index (χ1) is 9.86. The molecule has 7 heteroatoms. The first kappa shape index (κ1) is 16.3. The fraction of sp³-hybridized carbons (Fsp3) is 0.786. The van der Waals surface area contributed by atoms with Gasteiger partial charge in [0.05, 0.1) is 0 Å². The lowest BCUT2D eigenvalue weighted by Gasteiger charge is -2.33. The average molecular weight is 314 g/mol. The number of anilines is 1. The molecule has 1 fully saturated rings. The van der Waals surface area contributed by atoms with E-state index in [1.54, 1.807) is 4.68 Å². The Labute approximate surface area is 127 Å². The summed E-state index contributed by atoms with van der Waals surface area (Å²) >= 11 is 0. The van der Waals surface area contributed by atoms with E-state index in [1.807, 2.05) is 6.92 Å². The molecule has 0 spiro atoms. The van der Waals surface area contributed by atoms with E-state index in [-0.39, 0.29) is 16.1 Å². The van der Waals surface area contributed by atoms with Crippen molar-refractivity contribution in [2.45, 2.75) is 63.8 Å². The molecule has 21 heavy (non-hydrogen) atoms. The van der Waals surface area contributed by atoms with E-state index in [9.17, 15) is 8.42 Å². The Bertz CT molecular complexity index is 574. The molecule has 0 unspecified atom stereocenters. The topological polar surface area (TPSA) is 90.0 Å². The molecule has 0 saturated heterocycles. The summed E-state index contributed by atoms with van der Waals surface area (Å²) in [6.07, 6.45) is 8.14. The van der Waals surface area contributed by atoms with Crippen molar-refractivity contribution >= 4 is 15.8 Å². The summed E-state index contributed by atoms with van der Waals surface area (Å²) < 4.78 is 29.1. The fourth-order valence-corrected chi connectivity index (χ4v) is 4.17. The van der Waals surface area contributed by atoms with E-state index in [2.05, 4.69) is 16.7 Å². The molecule has 1 heterocycles. The van der Waals surface area contributed by atoms with E-state index >= 15 is 0 Å². The fourth-order valence-electron chi connectivity index (χ4n) is 2.90. The molecule has 0 amide bonds. The van der Waals surface area contributed by atoms with Gasteiger partial charge in [-0.2, -0.15) is 5.10 Å². The third-order valence-corrected chi connectivity index (χ3v) is 5.66. The van der Waals surface area contributed by atoms with Gasteiger partial charge in [0.1, 0.15) is 4.90 Å². The predicted octanol–water partition coefficient (Wildman–Crippen LogP) is 2.12. The zero-order valence-electron chi connectivity index (χ0n) is 12.9. The molecule has 3 N–H and O–H groups in total. The molecule has 0 aromatic carbocycles. The molecule has 1 aromatic heterocycles. The van der Waals surface area contributed by atoms with Gasteiger partial charge in [0.25, 0.3) is 0 Å². The Morgan fingerprint density at radius 1 is 1.38 bits per heavy atom. The Kier molecular flexibility index (Phi) is 4.93. The van der Waals surface area contributed by atoms with Gasteiger partial charge in [-0.3, -0.25) is 4.68 Å². The van der Waals surface area contributed by atoms with Crippen LogP contribution in [0.2, 0.25) is 0 Å². The molecule has 0 aliphatic heterocycles. The van der Waals surface area contributed by atoms with Crippen LogP contribution in [-0.4, -0.2) is 24.7 Å². The third-order valence-electron chi connectivity index (χ3n) is 4.25. The lowest BCUT2D eigenvalue weighted by molar-refractivity contribution is 0.219. The molecule has 0 atom stereocenters. The highest BCUT2D eigenvalue weighted by atomic mass is 32.2. The van der Waals surface area contributed by atoms with Crippen molar-refractivity contribution in [1.82, 2.24) is 14.5 Å². The van der Waals surface area contributed by atoms with Gasteiger partial charge >= 0.3 is 0 Å². The van der Waals surface area contributed by atoms with E-state index in [1.165, 1.54) is 25.5 Å². The summed E-state index contributed by atoms with van der Waals surface area (Å²) in [6.45, 7) is 5.29. The molecular formula is C14H26N4O2S. The van der Waals surface area contributed by atoms with Gasteiger partial charge in [0.15, 0.2) is 5.82 Å². The Morgan fingerprint density at radius 3 is 2.67 bits per heavy atom. The van der Waals surface area contributed by atoms with Crippen molar-refractivity contribution < 1.29 is 8.42 Å². The number of hydrogen-bond acceptors (Lipinski definition) is 4. The standard InChI is InChI=1S/C14H26N4O2S/c1-3-9-18-10-12(13(15)17-18)21(19,20)16-11-14(2)7-5-4-6-8-14/h10,16H,3-9,11H2,1-2H3,(H2,15,17). The van der Waals surface area contributed by atoms with Gasteiger partial charge in [-0.15, -0.1) is 0 Å². The van der Waals surface area contributed by atoms with Gasteiger partial charge in [-0.25, -0.2) is 13.1 Å². The highest BCUT2D eigenvalue weighted by molar-refractivity contribution is 7.89. The Morgan fingerprint density at radius 2 is 2.05 bits per heavy atom. The molecule has 1 aliphatic carbocycles. The van der Waals surface area contributed by atoms with Gasteiger partial charge in [-0.05, 0) is 24.7 Å². The molecule has 2 rings (SSSR count). The minimum Gasteiger partial charge on any atom is -0.381 e. The normalized spacial score (nSPS) is 18.8. The Balaban J connectivity index is 2.07. The molecule has 0 radical (unpaired) electrons. The molecule has 120 valence electrons. The molecule has 1 aliphatic rings. The number of nitrogens with two attached hydrogens (primary N) is 1. The molecule has 1 saturated carbocycles. The van der Waals surface area contributed by atoms with Gasteiger partial charge in [0, 0.05) is 19.3 Å². The zero-order valence-corrected chi connectivity index (χ0v) is 13.7. The maximum atomic E-state index is 12.4. The van der Waals surface area contributed by atoms with Crippen molar-refractivity contribution in [1.29, 1.82) is 0 Å². The van der Waals surface area contributed by atoms with Crippen LogP contribution >= 0.6 is 0 Å². The largest absolute Gasteiger partial charge is 0.381 e. The van der Waals surface area contributed by atoms with Crippen LogP contribution in [-0.2, 0) is 16.6 Å². The van der Waals surface area contributed by atoms with E-state index in [4.69, 9.17) is 5.73 Å². The van der Waals surface area contributed by atoms with Gasteiger partial charge in [-0.1, -0.05) is 33.1 Å². The van der Waals surface area contributed by atoms with Gasteiger partial charge in [0.2, 0.25) is 10.0 Å². The minimum absolute atomic E-state index is 0.0551. The first-order valence-electron chi connectivity index (χ1n) is 7.69. The second-order valence-corrected chi connectivity index (χ2v) is 8.07. The molecule has 0 bridgehead atoms. The van der Waals surface area contributed by atoms with E-state index in [0.717, 1.165) is 19.3 Å². The van der Waals surface area contributed by atoms with Crippen LogP contribution in [0.15, 0.2) is 11.1 Å². The molecule has 1 aromatic rings. The van der Waals surface area contributed by atoms with Crippen LogP contribution in [0.3, 0.4) is 0 Å². The van der Waals surface area contributed by atoms with Crippen molar-refractivity contribution in [2.75, 3.05) is 12.3 Å². The van der Waals surface area contributed by atoms with Crippen LogP contribution < -0.4 is 10.5 Å². The van der Waals surface area contributed by atoms with Crippen LogP contribution in [0, 0.1) is 5.41 Å². The number of hydrogen-bond donors (Lipinski definition) is 2. The number of aryl methyl sites for hydroxylation is 1. The second kappa shape index (κ2) is 6.36. The van der Waals surface area contributed by atoms with Crippen molar-refractivity contribution in [3.8, 4) is 0 Å². The van der Waals surface area contributed by atoms with Crippen LogP contribution in [0.1, 0.15) is 52.4 Å². The third kappa shape index (κ3) is 3.97. The number of sulfonamides is 1. The summed E-state index contributed by atoms with van der Waals surface area (Å²) in [5.74, 6) is 0.0738. The van der Waals surface area contributed by atoms with Crippen LogP contribution in [0.4, 0.5) is 5.82 Å². The number of nitrogen functional groups attached to an aromatic ring is 1. The average Bonchev–Trinajstić information content (AvgIpc) is 2.80. The van der Waals surface area contributed by atoms with E-state index < -0.39 is 10.0 Å². The SMILES string of the molecule is CCCn1cc(S(=O)(=O)NCC2(C)CCCCC2)c(N)n1. The van der Waals surface area contributed by atoms with Crippen LogP contribution in [0.25, 0.3) is 0 Å². The smallest absolute Gasteiger partial charge is 0.245 e. The predicted molar refractivity (Wildman–Crippen MR) is 83.3 cm³/mol. The van der Waals surface area contributed by atoms with Crippen molar-refractivity contribution in [3.05, 3.63) is 6.20 Å². The second-order valence-electron chi connectivity index (χ2n) is 6.34. The Hall–Kier alpha value is -1.08. The van der Waals surface area contributed by atoms with Crippen molar-refractivity contribution in [2.24, 2.45) is 5.41 Å². The summed E-state index contributed by atoms with van der Waals surface area (Å²) in [4.78, 5) is 0.0929. The molecule has 6 nitrogen and oxygen atoms in total. The maximum absolute atomic E-state index is 12.4. The van der Waals surface area contributed by atoms with Crippen molar-refractivity contribution in [3.63, 3.8) is 0 Å². The summed E-state index contributed by atoms with van der Waals surface area (Å²) in [5.41, 5.74) is 5.80. The monoisotopic (exact) mass is 314 g/mol. The lowest BCUT2D eigenvalue weighted by Crippen LogP contribution is -2.37. The lowest BCUT2D eigenvalue weighted by atomic mass is 9.76. The summed E-state index contributed by atoms with van der Waals surface area (Å²) in [5, 5.41) is 4.05. The number of nitrogens with zero attached hydrogens (tertiary/aromatic N) is 2. The zero-order chi connectivity index (χ0) is 15.5. The van der Waals surface area contributed by atoms with Crippen LogP contribution in [0.5, 0.6) is 0 Å².